The van der Waals surface area contributed by atoms with Crippen molar-refractivity contribution in [2.24, 2.45) is 5.73 Å². The van der Waals surface area contributed by atoms with Crippen LogP contribution < -0.4 is 5.73 Å². The van der Waals surface area contributed by atoms with E-state index in [2.05, 4.69) is 30.8 Å². The molecule has 0 saturated carbocycles. The van der Waals surface area contributed by atoms with Gasteiger partial charge in [0.25, 0.3) is 0 Å². The van der Waals surface area contributed by atoms with Crippen LogP contribution in [0.5, 0.6) is 0 Å². The summed E-state index contributed by atoms with van der Waals surface area (Å²) in [5, 5.41) is 11.1. The molecule has 0 saturated heterocycles. The molecule has 0 radical (unpaired) electrons. The summed E-state index contributed by atoms with van der Waals surface area (Å²) in [6.45, 7) is 3.93. The second-order valence-electron chi connectivity index (χ2n) is 6.50. The van der Waals surface area contributed by atoms with E-state index in [1.54, 1.807) is 17.8 Å². The molecule has 0 spiro atoms. The maximum atomic E-state index is 11.1. The van der Waals surface area contributed by atoms with Gasteiger partial charge in [0.1, 0.15) is 0 Å². The SMILES string of the molecule is C=C[C@@H](c1ccccc1)[C@H](O)[C@@H](N)[C@@H](Sc1ccccc1)c1ccccc1. The van der Waals surface area contributed by atoms with Crippen molar-refractivity contribution < 1.29 is 5.11 Å². The van der Waals surface area contributed by atoms with Crippen molar-refractivity contribution in [2.75, 3.05) is 0 Å². The third kappa shape index (κ3) is 4.89. The van der Waals surface area contributed by atoms with Gasteiger partial charge < -0.3 is 10.8 Å². The van der Waals surface area contributed by atoms with Crippen LogP contribution in [0.2, 0.25) is 0 Å². The highest BCUT2D eigenvalue weighted by atomic mass is 32.2. The minimum atomic E-state index is -0.744. The normalized spacial score (nSPS) is 15.5. The van der Waals surface area contributed by atoms with Gasteiger partial charge in [-0.15, -0.1) is 18.3 Å². The zero-order chi connectivity index (χ0) is 19.1. The Morgan fingerprint density at radius 1 is 0.778 bits per heavy atom. The van der Waals surface area contributed by atoms with E-state index in [4.69, 9.17) is 5.73 Å². The highest BCUT2D eigenvalue weighted by molar-refractivity contribution is 7.99. The molecule has 0 aliphatic heterocycles. The first-order chi connectivity index (χ1) is 13.2. The third-order valence-corrected chi connectivity index (χ3v) is 6.07. The highest BCUT2D eigenvalue weighted by Gasteiger charge is 2.32. The molecule has 2 nitrogen and oxygen atoms in total. The smallest absolute Gasteiger partial charge is 0.0808 e. The van der Waals surface area contributed by atoms with Crippen LogP contribution >= 0.6 is 11.8 Å². The Hall–Kier alpha value is -2.33. The van der Waals surface area contributed by atoms with Gasteiger partial charge in [-0.05, 0) is 23.3 Å². The van der Waals surface area contributed by atoms with Crippen LogP contribution in [-0.4, -0.2) is 17.3 Å². The Balaban J connectivity index is 1.89. The number of thioether (sulfide) groups is 1. The molecule has 0 aliphatic rings. The lowest BCUT2D eigenvalue weighted by atomic mass is 9.87. The van der Waals surface area contributed by atoms with Gasteiger partial charge in [0.05, 0.1) is 11.4 Å². The van der Waals surface area contributed by atoms with E-state index in [0.717, 1.165) is 16.0 Å². The van der Waals surface area contributed by atoms with E-state index in [1.807, 2.05) is 66.7 Å². The molecule has 3 N–H and O–H groups in total. The zero-order valence-electron chi connectivity index (χ0n) is 15.2. The average Bonchev–Trinajstić information content (AvgIpc) is 2.74. The Morgan fingerprint density at radius 2 is 1.26 bits per heavy atom. The topological polar surface area (TPSA) is 46.2 Å². The summed E-state index contributed by atoms with van der Waals surface area (Å²) < 4.78 is 0. The van der Waals surface area contributed by atoms with Crippen molar-refractivity contribution in [3.05, 3.63) is 115 Å². The van der Waals surface area contributed by atoms with Gasteiger partial charge in [0, 0.05) is 16.9 Å². The Bertz CT molecular complexity index is 823. The van der Waals surface area contributed by atoms with E-state index in [1.165, 1.54) is 0 Å². The van der Waals surface area contributed by atoms with Gasteiger partial charge >= 0.3 is 0 Å². The molecule has 27 heavy (non-hydrogen) atoms. The first-order valence-electron chi connectivity index (χ1n) is 9.08. The maximum absolute atomic E-state index is 11.1. The van der Waals surface area contributed by atoms with Crippen LogP contribution in [0.15, 0.2) is 109 Å². The van der Waals surface area contributed by atoms with Gasteiger partial charge in [-0.1, -0.05) is 84.9 Å². The first kappa shape index (κ1) is 19.4. The van der Waals surface area contributed by atoms with Gasteiger partial charge in [0.15, 0.2) is 0 Å². The van der Waals surface area contributed by atoms with Crippen molar-refractivity contribution in [3.8, 4) is 0 Å². The molecular weight excluding hydrogens is 350 g/mol. The Morgan fingerprint density at radius 3 is 1.78 bits per heavy atom. The summed E-state index contributed by atoms with van der Waals surface area (Å²) in [4.78, 5) is 1.13. The Kier molecular flexibility index (Phi) is 6.88. The molecule has 0 heterocycles. The third-order valence-electron chi connectivity index (χ3n) is 4.68. The van der Waals surface area contributed by atoms with Crippen LogP contribution in [-0.2, 0) is 0 Å². The van der Waals surface area contributed by atoms with Crippen LogP contribution in [0, 0.1) is 0 Å². The van der Waals surface area contributed by atoms with E-state index >= 15 is 0 Å². The maximum Gasteiger partial charge on any atom is 0.0808 e. The van der Waals surface area contributed by atoms with E-state index < -0.39 is 12.1 Å². The van der Waals surface area contributed by atoms with Gasteiger partial charge in [-0.3, -0.25) is 0 Å². The lowest BCUT2D eigenvalue weighted by Crippen LogP contribution is -2.42. The van der Waals surface area contributed by atoms with Crippen LogP contribution in [0.3, 0.4) is 0 Å². The summed E-state index contributed by atoms with van der Waals surface area (Å²) in [7, 11) is 0. The molecule has 0 aromatic heterocycles. The largest absolute Gasteiger partial charge is 0.390 e. The second-order valence-corrected chi connectivity index (χ2v) is 7.72. The molecule has 4 atom stereocenters. The number of aliphatic hydroxyl groups excluding tert-OH is 1. The number of hydrogen-bond donors (Lipinski definition) is 2. The van der Waals surface area contributed by atoms with Gasteiger partial charge in [-0.25, -0.2) is 0 Å². The molecule has 3 heteroatoms. The second kappa shape index (κ2) is 9.56. The number of hydrogen-bond acceptors (Lipinski definition) is 3. The number of nitrogens with two attached hydrogens (primary N) is 1. The molecule has 138 valence electrons. The predicted molar refractivity (Wildman–Crippen MR) is 115 cm³/mol. The summed E-state index contributed by atoms with van der Waals surface area (Å²) in [5.41, 5.74) is 8.76. The van der Waals surface area contributed by atoms with Crippen molar-refractivity contribution in [1.29, 1.82) is 0 Å². The number of aliphatic hydroxyl groups is 1. The first-order valence-corrected chi connectivity index (χ1v) is 9.96. The average molecular weight is 376 g/mol. The molecule has 0 aliphatic carbocycles. The zero-order valence-corrected chi connectivity index (χ0v) is 16.0. The van der Waals surface area contributed by atoms with E-state index in [-0.39, 0.29) is 11.2 Å². The lowest BCUT2D eigenvalue weighted by Gasteiger charge is -2.32. The minimum absolute atomic E-state index is 0.0743. The van der Waals surface area contributed by atoms with Crippen LogP contribution in [0.25, 0.3) is 0 Å². The molecule has 0 fully saturated rings. The minimum Gasteiger partial charge on any atom is -0.390 e. The van der Waals surface area contributed by atoms with Crippen molar-refractivity contribution in [3.63, 3.8) is 0 Å². The van der Waals surface area contributed by atoms with E-state index in [9.17, 15) is 5.11 Å². The molecular formula is C24H25NOS. The quantitative estimate of drug-likeness (QED) is 0.421. The standard InChI is InChI=1S/C24H25NOS/c1-2-21(18-12-6-3-7-13-18)23(26)22(25)24(19-14-8-4-9-15-19)27-20-16-10-5-11-17-20/h2-17,21-24,26H,1,25H2/t21-,22+,23-,24-/m0/s1. The predicted octanol–water partition coefficient (Wildman–Crippen LogP) is 5.18. The van der Waals surface area contributed by atoms with Gasteiger partial charge in [-0.2, -0.15) is 0 Å². The molecule has 3 aromatic carbocycles. The monoisotopic (exact) mass is 375 g/mol. The van der Waals surface area contributed by atoms with Crippen molar-refractivity contribution in [2.45, 2.75) is 28.2 Å². The highest BCUT2D eigenvalue weighted by Crippen LogP contribution is 2.40. The van der Waals surface area contributed by atoms with Crippen LogP contribution in [0.4, 0.5) is 0 Å². The van der Waals surface area contributed by atoms with Gasteiger partial charge in [0.2, 0.25) is 0 Å². The van der Waals surface area contributed by atoms with Crippen molar-refractivity contribution in [1.82, 2.24) is 0 Å². The summed E-state index contributed by atoms with van der Waals surface area (Å²) in [6, 6.07) is 29.8. The Labute approximate surface area is 165 Å². The van der Waals surface area contributed by atoms with E-state index in [0.29, 0.717) is 0 Å². The lowest BCUT2D eigenvalue weighted by molar-refractivity contribution is 0.128. The fourth-order valence-electron chi connectivity index (χ4n) is 3.22. The fraction of sp³-hybridized carbons (Fsp3) is 0.167. The number of benzene rings is 3. The molecule has 3 aromatic rings. The fourth-order valence-corrected chi connectivity index (χ4v) is 4.44. The molecule has 3 rings (SSSR count). The van der Waals surface area contributed by atoms with Crippen molar-refractivity contribution >= 4 is 11.8 Å². The number of rotatable bonds is 8. The summed E-state index contributed by atoms with van der Waals surface area (Å²) in [6.07, 6.45) is 1.04. The summed E-state index contributed by atoms with van der Waals surface area (Å²) >= 11 is 1.68. The molecule has 0 amide bonds. The summed E-state index contributed by atoms with van der Waals surface area (Å²) in [5.74, 6) is -0.219. The van der Waals surface area contributed by atoms with Crippen LogP contribution in [0.1, 0.15) is 22.3 Å². The molecule has 0 bridgehead atoms. The molecule has 0 unspecified atom stereocenters.